The highest BCUT2D eigenvalue weighted by Gasteiger charge is 2.29. The van der Waals surface area contributed by atoms with Crippen molar-refractivity contribution in [1.82, 2.24) is 0 Å². The lowest BCUT2D eigenvalue weighted by Crippen LogP contribution is -2.28. The predicted octanol–water partition coefficient (Wildman–Crippen LogP) is 2.47. The van der Waals surface area contributed by atoms with E-state index < -0.39 is 0 Å². The molecule has 7 heavy (non-hydrogen) atoms. The molecule has 0 nitrogen and oxygen atoms in total. The molecule has 0 radical (unpaired) electrons. The fourth-order valence-corrected chi connectivity index (χ4v) is 1.73. The van der Waals surface area contributed by atoms with Gasteiger partial charge in [0.15, 0.2) is 0 Å². The average molecular weight is 226 g/mol. The van der Waals surface area contributed by atoms with Crippen molar-refractivity contribution in [2.45, 2.75) is 16.1 Å². The third-order valence-electron chi connectivity index (χ3n) is 1.16. The van der Waals surface area contributed by atoms with Crippen molar-refractivity contribution in [2.24, 2.45) is 0 Å². The molecule has 0 aromatic rings. The molecule has 1 saturated carbocycles. The highest BCUT2D eigenvalue weighted by atomic mass is 79.9. The number of halogens is 2. The molecule has 0 bridgehead atoms. The average Bonchev–Trinajstić information content (AvgIpc) is 1.68. The van der Waals surface area contributed by atoms with Gasteiger partial charge in [-0.05, 0) is 6.42 Å². The molecule has 1 aliphatic rings. The SMILES string of the molecule is C=C1CC(Br)C1Br. The Morgan fingerprint density at radius 3 is 2.14 bits per heavy atom. The van der Waals surface area contributed by atoms with Gasteiger partial charge in [0.25, 0.3) is 0 Å². The molecule has 0 aromatic heterocycles. The third-order valence-corrected chi connectivity index (χ3v) is 4.01. The van der Waals surface area contributed by atoms with E-state index >= 15 is 0 Å². The maximum atomic E-state index is 3.81. The van der Waals surface area contributed by atoms with Gasteiger partial charge in [0.05, 0.1) is 0 Å². The summed E-state index contributed by atoms with van der Waals surface area (Å²) in [6, 6.07) is 0. The zero-order valence-electron chi connectivity index (χ0n) is 3.82. The van der Waals surface area contributed by atoms with Crippen LogP contribution in [0.15, 0.2) is 12.2 Å². The number of alkyl halides is 2. The van der Waals surface area contributed by atoms with E-state index in [9.17, 15) is 0 Å². The van der Waals surface area contributed by atoms with Crippen LogP contribution in [0, 0.1) is 0 Å². The smallest absolute Gasteiger partial charge is 0.0480 e. The number of allylic oxidation sites excluding steroid dienone is 1. The largest absolute Gasteiger partial charge is 0.0987 e. The zero-order chi connectivity index (χ0) is 5.44. The molecule has 0 aromatic carbocycles. The highest BCUT2D eigenvalue weighted by molar-refractivity contribution is 9.12. The molecule has 2 atom stereocenters. The van der Waals surface area contributed by atoms with Crippen molar-refractivity contribution in [1.29, 1.82) is 0 Å². The number of hydrogen-bond donors (Lipinski definition) is 0. The van der Waals surface area contributed by atoms with Crippen LogP contribution >= 0.6 is 31.9 Å². The van der Waals surface area contributed by atoms with E-state index in [1.165, 1.54) is 5.57 Å². The van der Waals surface area contributed by atoms with Crippen LogP contribution in [0.1, 0.15) is 6.42 Å². The molecule has 1 rings (SSSR count). The van der Waals surface area contributed by atoms with Crippen molar-refractivity contribution in [2.75, 3.05) is 0 Å². The van der Waals surface area contributed by atoms with E-state index in [1.807, 2.05) is 0 Å². The Morgan fingerprint density at radius 1 is 1.57 bits per heavy atom. The summed E-state index contributed by atoms with van der Waals surface area (Å²) in [5.41, 5.74) is 1.31. The van der Waals surface area contributed by atoms with Gasteiger partial charge < -0.3 is 0 Å². The Bertz CT molecular complexity index is 98.3. The topological polar surface area (TPSA) is 0 Å². The summed E-state index contributed by atoms with van der Waals surface area (Å²) in [7, 11) is 0. The van der Waals surface area contributed by atoms with E-state index in [0.29, 0.717) is 9.65 Å². The number of hydrogen-bond acceptors (Lipinski definition) is 0. The lowest BCUT2D eigenvalue weighted by Gasteiger charge is -2.29. The molecule has 0 heterocycles. The first-order valence-corrected chi connectivity index (χ1v) is 4.01. The lowest BCUT2D eigenvalue weighted by atomic mass is 9.94. The van der Waals surface area contributed by atoms with Crippen LogP contribution < -0.4 is 0 Å². The minimum absolute atomic E-state index is 0.535. The number of rotatable bonds is 0. The van der Waals surface area contributed by atoms with E-state index in [-0.39, 0.29) is 0 Å². The van der Waals surface area contributed by atoms with Crippen LogP contribution in [0.5, 0.6) is 0 Å². The van der Waals surface area contributed by atoms with Crippen molar-refractivity contribution in [3.8, 4) is 0 Å². The molecular weight excluding hydrogens is 220 g/mol. The van der Waals surface area contributed by atoms with Crippen molar-refractivity contribution in [3.63, 3.8) is 0 Å². The fraction of sp³-hybridized carbons (Fsp3) is 0.600. The second-order valence-corrected chi connectivity index (χ2v) is 3.94. The van der Waals surface area contributed by atoms with Gasteiger partial charge in [-0.15, -0.1) is 0 Å². The zero-order valence-corrected chi connectivity index (χ0v) is 7.00. The van der Waals surface area contributed by atoms with Crippen molar-refractivity contribution >= 4 is 31.9 Å². The molecular formula is C5H6Br2. The van der Waals surface area contributed by atoms with Gasteiger partial charge in [0.2, 0.25) is 0 Å². The summed E-state index contributed by atoms with van der Waals surface area (Å²) in [6.07, 6.45) is 1.13. The maximum Gasteiger partial charge on any atom is 0.0480 e. The molecule has 1 fully saturated rings. The van der Waals surface area contributed by atoms with Gasteiger partial charge in [-0.2, -0.15) is 0 Å². The van der Waals surface area contributed by atoms with E-state index in [1.54, 1.807) is 0 Å². The molecule has 0 N–H and O–H groups in total. The standard InChI is InChI=1S/C5H6Br2/c1-3-2-4(6)5(3)7/h4-5H,1-2H2. The summed E-state index contributed by atoms with van der Waals surface area (Å²) in [4.78, 5) is 1.17. The molecule has 0 spiro atoms. The molecule has 2 unspecified atom stereocenters. The second kappa shape index (κ2) is 1.90. The second-order valence-electron chi connectivity index (χ2n) is 1.78. The van der Waals surface area contributed by atoms with Crippen molar-refractivity contribution in [3.05, 3.63) is 12.2 Å². The van der Waals surface area contributed by atoms with Crippen LogP contribution in [0.4, 0.5) is 0 Å². The molecule has 40 valence electrons. The van der Waals surface area contributed by atoms with E-state index in [4.69, 9.17) is 0 Å². The first-order chi connectivity index (χ1) is 3.22. The lowest BCUT2D eigenvalue weighted by molar-refractivity contribution is 0.727. The summed E-state index contributed by atoms with van der Waals surface area (Å²) in [6.45, 7) is 3.81. The normalized spacial score (nSPS) is 40.6. The summed E-state index contributed by atoms with van der Waals surface area (Å²) >= 11 is 6.90. The fourth-order valence-electron chi connectivity index (χ4n) is 0.562. The van der Waals surface area contributed by atoms with Gasteiger partial charge in [-0.3, -0.25) is 0 Å². The summed E-state index contributed by atoms with van der Waals surface area (Å²) in [5.74, 6) is 0. The predicted molar refractivity (Wildman–Crippen MR) is 39.2 cm³/mol. The van der Waals surface area contributed by atoms with E-state index in [0.717, 1.165) is 6.42 Å². The monoisotopic (exact) mass is 224 g/mol. The minimum Gasteiger partial charge on any atom is -0.0987 e. The minimum atomic E-state index is 0.535. The van der Waals surface area contributed by atoms with E-state index in [2.05, 4.69) is 38.4 Å². The van der Waals surface area contributed by atoms with Gasteiger partial charge in [-0.1, -0.05) is 44.0 Å². The van der Waals surface area contributed by atoms with Gasteiger partial charge in [0.1, 0.15) is 0 Å². The Hall–Kier alpha value is 0.700. The summed E-state index contributed by atoms with van der Waals surface area (Å²) in [5, 5.41) is 0. The maximum absolute atomic E-state index is 3.81. The third kappa shape index (κ3) is 0.918. The van der Waals surface area contributed by atoms with Crippen LogP contribution in [0.3, 0.4) is 0 Å². The highest BCUT2D eigenvalue weighted by Crippen LogP contribution is 2.37. The molecule has 0 aliphatic heterocycles. The first-order valence-electron chi connectivity index (χ1n) is 2.17. The van der Waals surface area contributed by atoms with Crippen LogP contribution in [-0.4, -0.2) is 9.65 Å². The Labute approximate surface area is 60.2 Å². The van der Waals surface area contributed by atoms with Crippen LogP contribution in [0.25, 0.3) is 0 Å². The van der Waals surface area contributed by atoms with Gasteiger partial charge in [-0.25, -0.2) is 0 Å². The van der Waals surface area contributed by atoms with Crippen LogP contribution in [-0.2, 0) is 0 Å². The quantitative estimate of drug-likeness (QED) is 0.439. The van der Waals surface area contributed by atoms with Gasteiger partial charge in [0, 0.05) is 9.65 Å². The van der Waals surface area contributed by atoms with Crippen LogP contribution in [0.2, 0.25) is 0 Å². The molecule has 2 heteroatoms. The Kier molecular flexibility index (Phi) is 1.58. The molecule has 0 saturated heterocycles. The molecule has 1 aliphatic carbocycles. The summed E-state index contributed by atoms with van der Waals surface area (Å²) < 4.78 is 0. The van der Waals surface area contributed by atoms with Crippen molar-refractivity contribution < 1.29 is 0 Å². The Balaban J connectivity index is 2.43. The Morgan fingerprint density at radius 2 is 2.14 bits per heavy atom. The molecule has 0 amide bonds. The van der Waals surface area contributed by atoms with Gasteiger partial charge >= 0.3 is 0 Å². The first kappa shape index (κ1) is 5.83.